The van der Waals surface area contributed by atoms with Gasteiger partial charge in [-0.15, -0.1) is 0 Å². The van der Waals surface area contributed by atoms with Gasteiger partial charge in [-0.3, -0.25) is 4.79 Å². The van der Waals surface area contributed by atoms with E-state index in [0.29, 0.717) is 0 Å². The van der Waals surface area contributed by atoms with Crippen molar-refractivity contribution in [2.24, 2.45) is 5.10 Å². The lowest BCUT2D eigenvalue weighted by atomic mass is 10.2. The highest BCUT2D eigenvalue weighted by atomic mass is 19.1. The lowest BCUT2D eigenvalue weighted by Gasteiger charge is -2.09. The molecule has 0 atom stereocenters. The molecule has 0 bridgehead atoms. The Hall–Kier alpha value is -2.94. The minimum absolute atomic E-state index is 0.230. The van der Waals surface area contributed by atoms with Gasteiger partial charge in [-0.25, -0.2) is 9.82 Å². The molecule has 1 aromatic carbocycles. The number of hydrogen-bond acceptors (Lipinski definition) is 3. The van der Waals surface area contributed by atoms with Crippen LogP contribution in [0.4, 0.5) is 4.39 Å². The molecule has 1 N–H and O–H groups in total. The topological polar surface area (TPSA) is 70.2 Å². The Balaban J connectivity index is 2.24. The smallest absolute Gasteiger partial charge is 0.254 e. The van der Waals surface area contributed by atoms with E-state index in [9.17, 15) is 9.18 Å². The maximum Gasteiger partial charge on any atom is 0.254 e. The first kappa shape index (κ1) is 15.4. The molecule has 2 rings (SSSR count). The summed E-state index contributed by atoms with van der Waals surface area (Å²) in [5.74, 6) is -0.737. The number of aromatic nitrogens is 1. The first-order valence-electron chi connectivity index (χ1n) is 6.66. The number of aryl methyl sites for hydroxylation is 1. The number of hydrazone groups is 1. The van der Waals surface area contributed by atoms with E-state index in [1.165, 1.54) is 18.3 Å². The van der Waals surface area contributed by atoms with Gasteiger partial charge in [-0.2, -0.15) is 10.4 Å². The molecule has 0 saturated heterocycles. The van der Waals surface area contributed by atoms with Crippen LogP contribution in [0.25, 0.3) is 5.69 Å². The zero-order valence-corrected chi connectivity index (χ0v) is 12.3. The van der Waals surface area contributed by atoms with Crippen LogP contribution in [0.1, 0.15) is 23.4 Å². The molecular formula is C16H15FN4O. The fourth-order valence-electron chi connectivity index (χ4n) is 2.19. The summed E-state index contributed by atoms with van der Waals surface area (Å²) >= 11 is 0. The molecule has 0 aliphatic heterocycles. The van der Waals surface area contributed by atoms with E-state index in [4.69, 9.17) is 5.26 Å². The maximum absolute atomic E-state index is 13.0. The van der Waals surface area contributed by atoms with Crippen molar-refractivity contribution in [2.45, 2.75) is 20.3 Å². The third-order valence-corrected chi connectivity index (χ3v) is 3.19. The van der Waals surface area contributed by atoms with Crippen LogP contribution < -0.4 is 5.43 Å². The number of halogens is 1. The maximum atomic E-state index is 13.0. The number of benzene rings is 1. The molecule has 2 aromatic rings. The van der Waals surface area contributed by atoms with Gasteiger partial charge in [0.15, 0.2) is 0 Å². The van der Waals surface area contributed by atoms with E-state index in [1.54, 1.807) is 18.2 Å². The summed E-state index contributed by atoms with van der Waals surface area (Å²) in [7, 11) is 0. The summed E-state index contributed by atoms with van der Waals surface area (Å²) in [5, 5.41) is 12.2. The number of nitrogens with one attached hydrogen (secondary N) is 1. The first-order valence-corrected chi connectivity index (χ1v) is 6.66. The van der Waals surface area contributed by atoms with E-state index in [1.807, 2.05) is 24.5 Å². The average Bonchev–Trinajstić information content (AvgIpc) is 2.75. The monoisotopic (exact) mass is 298 g/mol. The normalized spacial score (nSPS) is 10.6. The molecule has 0 aliphatic rings. The van der Waals surface area contributed by atoms with Gasteiger partial charge in [-0.1, -0.05) is 0 Å². The van der Waals surface area contributed by atoms with Gasteiger partial charge in [0.2, 0.25) is 0 Å². The highest BCUT2D eigenvalue weighted by molar-refractivity contribution is 5.84. The molecule has 0 fully saturated rings. The van der Waals surface area contributed by atoms with E-state index in [-0.39, 0.29) is 12.2 Å². The number of nitriles is 1. The van der Waals surface area contributed by atoms with Crippen LogP contribution in [0.15, 0.2) is 35.4 Å². The van der Waals surface area contributed by atoms with Crippen LogP contribution >= 0.6 is 0 Å². The Morgan fingerprint density at radius 3 is 2.73 bits per heavy atom. The zero-order valence-electron chi connectivity index (χ0n) is 12.3. The van der Waals surface area contributed by atoms with Crippen molar-refractivity contribution in [2.75, 3.05) is 0 Å². The SMILES string of the molecule is Cc1cc(/C=N\NC(=O)CC#N)c(C)n1-c1ccc(F)cc1. The second kappa shape index (κ2) is 6.68. The third kappa shape index (κ3) is 3.38. The number of rotatable bonds is 4. The van der Waals surface area contributed by atoms with Gasteiger partial charge < -0.3 is 4.57 Å². The lowest BCUT2D eigenvalue weighted by molar-refractivity contribution is -0.120. The Bertz CT molecular complexity index is 754. The van der Waals surface area contributed by atoms with E-state index in [2.05, 4.69) is 10.5 Å². The summed E-state index contributed by atoms with van der Waals surface area (Å²) in [6.45, 7) is 3.84. The van der Waals surface area contributed by atoms with Crippen LogP contribution in [-0.2, 0) is 4.79 Å². The fourth-order valence-corrected chi connectivity index (χ4v) is 2.19. The molecule has 0 saturated carbocycles. The second-order valence-corrected chi connectivity index (χ2v) is 4.77. The Kier molecular flexibility index (Phi) is 4.69. The van der Waals surface area contributed by atoms with Gasteiger partial charge >= 0.3 is 0 Å². The zero-order chi connectivity index (χ0) is 16.1. The number of nitrogens with zero attached hydrogens (tertiary/aromatic N) is 3. The molecule has 0 radical (unpaired) electrons. The van der Waals surface area contributed by atoms with Crippen LogP contribution in [-0.4, -0.2) is 16.7 Å². The predicted molar refractivity (Wildman–Crippen MR) is 81.2 cm³/mol. The largest absolute Gasteiger partial charge is 0.318 e. The van der Waals surface area contributed by atoms with Crippen molar-refractivity contribution in [1.82, 2.24) is 9.99 Å². The molecule has 1 heterocycles. The highest BCUT2D eigenvalue weighted by Crippen LogP contribution is 2.19. The number of amides is 1. The van der Waals surface area contributed by atoms with Gasteiger partial charge in [0.05, 0.1) is 12.3 Å². The molecule has 6 heteroatoms. The van der Waals surface area contributed by atoms with Crippen molar-refractivity contribution in [3.05, 3.63) is 53.1 Å². The average molecular weight is 298 g/mol. The number of hydrogen-bond donors (Lipinski definition) is 1. The van der Waals surface area contributed by atoms with E-state index < -0.39 is 5.91 Å². The Morgan fingerprint density at radius 2 is 2.09 bits per heavy atom. The van der Waals surface area contributed by atoms with Crippen LogP contribution in [0.3, 0.4) is 0 Å². The number of carbonyl (C=O) groups excluding carboxylic acids is 1. The molecular weight excluding hydrogens is 283 g/mol. The summed E-state index contributed by atoms with van der Waals surface area (Å²) in [5.41, 5.74) is 5.85. The standard InChI is InChI=1S/C16H15FN4O/c1-11-9-13(10-19-20-16(22)7-8-18)12(2)21(11)15-5-3-14(17)4-6-15/h3-6,9-10H,7H2,1-2H3,(H,20,22)/b19-10-. The summed E-state index contributed by atoms with van der Waals surface area (Å²) in [6, 6.07) is 9.87. The van der Waals surface area contributed by atoms with Crippen molar-refractivity contribution in [3.8, 4) is 11.8 Å². The third-order valence-electron chi connectivity index (χ3n) is 3.19. The van der Waals surface area contributed by atoms with Crippen LogP contribution in [0, 0.1) is 31.0 Å². The van der Waals surface area contributed by atoms with Crippen LogP contribution in [0.2, 0.25) is 0 Å². The quantitative estimate of drug-likeness (QED) is 0.696. The molecule has 112 valence electrons. The predicted octanol–water partition coefficient (Wildman–Crippen LogP) is 2.60. The molecule has 1 amide bonds. The first-order chi connectivity index (χ1) is 10.5. The molecule has 0 aliphatic carbocycles. The minimum Gasteiger partial charge on any atom is -0.318 e. The molecule has 22 heavy (non-hydrogen) atoms. The Morgan fingerprint density at radius 1 is 1.41 bits per heavy atom. The van der Waals surface area contributed by atoms with Crippen molar-refractivity contribution in [3.63, 3.8) is 0 Å². The van der Waals surface area contributed by atoms with Gasteiger partial charge in [0, 0.05) is 22.6 Å². The summed E-state index contributed by atoms with van der Waals surface area (Å²) in [4.78, 5) is 11.2. The van der Waals surface area contributed by atoms with E-state index in [0.717, 1.165) is 22.6 Å². The van der Waals surface area contributed by atoms with Gasteiger partial charge in [-0.05, 0) is 44.2 Å². The number of carbonyl (C=O) groups is 1. The van der Waals surface area contributed by atoms with Crippen molar-refractivity contribution >= 4 is 12.1 Å². The molecule has 5 nitrogen and oxygen atoms in total. The molecule has 0 spiro atoms. The van der Waals surface area contributed by atoms with Gasteiger partial charge in [0.1, 0.15) is 12.2 Å². The molecule has 0 unspecified atom stereocenters. The summed E-state index contributed by atoms with van der Waals surface area (Å²) < 4.78 is 15.0. The lowest BCUT2D eigenvalue weighted by Crippen LogP contribution is -2.16. The van der Waals surface area contributed by atoms with E-state index >= 15 is 0 Å². The highest BCUT2D eigenvalue weighted by Gasteiger charge is 2.09. The summed E-state index contributed by atoms with van der Waals surface area (Å²) in [6.07, 6.45) is 1.30. The van der Waals surface area contributed by atoms with Crippen molar-refractivity contribution in [1.29, 1.82) is 5.26 Å². The minimum atomic E-state index is -0.453. The second-order valence-electron chi connectivity index (χ2n) is 4.77. The fraction of sp³-hybridized carbons (Fsp3) is 0.188. The van der Waals surface area contributed by atoms with Crippen LogP contribution in [0.5, 0.6) is 0 Å². The van der Waals surface area contributed by atoms with Crippen molar-refractivity contribution < 1.29 is 9.18 Å². The Labute approximate surface area is 127 Å². The molecule has 1 aromatic heterocycles. The van der Waals surface area contributed by atoms with Gasteiger partial charge in [0.25, 0.3) is 5.91 Å².